The zero-order chi connectivity index (χ0) is 20.9. The van der Waals surface area contributed by atoms with Crippen LogP contribution in [0.4, 0.5) is 24.5 Å². The molecule has 0 radical (unpaired) electrons. The lowest BCUT2D eigenvalue weighted by Crippen LogP contribution is -3.00. The fourth-order valence-corrected chi connectivity index (χ4v) is 3.90. The Hall–Kier alpha value is -3.01. The van der Waals surface area contributed by atoms with Gasteiger partial charge in [-0.3, -0.25) is 0 Å². The van der Waals surface area contributed by atoms with E-state index in [1.165, 1.54) is 12.1 Å². The summed E-state index contributed by atoms with van der Waals surface area (Å²) in [6.45, 7) is 0. The molecule has 3 aromatic carbocycles. The minimum atomic E-state index is -4.71. The van der Waals surface area contributed by atoms with Crippen LogP contribution >= 0.6 is 0 Å². The Kier molecular flexibility index (Phi) is 5.42. The number of H-pyrrole nitrogens is 1. The second-order valence-electron chi connectivity index (χ2n) is 7.04. The number of halogens is 4. The average molecular weight is 535 g/mol. The maximum Gasteiger partial charge on any atom is 0.573 e. The van der Waals surface area contributed by atoms with Crippen molar-refractivity contribution in [3.8, 4) is 5.75 Å². The number of pyridine rings is 1. The summed E-state index contributed by atoms with van der Waals surface area (Å²) in [6, 6.07) is 21.8. The molecule has 4 nitrogen and oxygen atoms in total. The SMILES string of the molecule is C[n+]1c2ccccc2c(Nc2ccc(OC(F)(F)F)cc2)c2[nH]c3ccccc3c21.[I-]. The van der Waals surface area contributed by atoms with E-state index in [-0.39, 0.29) is 29.7 Å². The minimum Gasteiger partial charge on any atom is -1.00 e. The van der Waals surface area contributed by atoms with E-state index in [1.807, 2.05) is 49.5 Å². The van der Waals surface area contributed by atoms with Gasteiger partial charge < -0.3 is 39.0 Å². The van der Waals surface area contributed by atoms with Crippen LogP contribution < -0.4 is 38.6 Å². The number of nitrogens with zero attached hydrogens (tertiary/aromatic N) is 1. The molecule has 0 saturated carbocycles. The number of benzene rings is 3. The van der Waals surface area contributed by atoms with E-state index in [4.69, 9.17) is 0 Å². The lowest BCUT2D eigenvalue weighted by atomic mass is 10.1. The first-order valence-electron chi connectivity index (χ1n) is 9.35. The first-order valence-corrected chi connectivity index (χ1v) is 9.35. The summed E-state index contributed by atoms with van der Waals surface area (Å²) in [5.41, 5.74) is 5.53. The second-order valence-corrected chi connectivity index (χ2v) is 7.04. The molecule has 2 N–H and O–H groups in total. The van der Waals surface area contributed by atoms with Gasteiger partial charge in [0.2, 0.25) is 11.0 Å². The first kappa shape index (κ1) is 21.2. The first-order chi connectivity index (χ1) is 14.4. The number of hydrogen-bond acceptors (Lipinski definition) is 2. The van der Waals surface area contributed by atoms with E-state index in [0.29, 0.717) is 5.69 Å². The van der Waals surface area contributed by atoms with Crippen molar-refractivity contribution in [2.45, 2.75) is 6.36 Å². The summed E-state index contributed by atoms with van der Waals surface area (Å²) in [6.07, 6.45) is -4.71. The van der Waals surface area contributed by atoms with Crippen LogP contribution in [0.15, 0.2) is 72.8 Å². The molecule has 5 rings (SSSR count). The van der Waals surface area contributed by atoms with Crippen molar-refractivity contribution in [3.63, 3.8) is 0 Å². The Morgan fingerprint density at radius 2 is 1.52 bits per heavy atom. The number of para-hydroxylation sites is 2. The molecule has 31 heavy (non-hydrogen) atoms. The average Bonchev–Trinajstić information content (AvgIpc) is 3.11. The van der Waals surface area contributed by atoms with Crippen molar-refractivity contribution in [2.75, 3.05) is 5.32 Å². The molecule has 2 aromatic heterocycles. The van der Waals surface area contributed by atoms with E-state index < -0.39 is 6.36 Å². The van der Waals surface area contributed by atoms with E-state index in [1.54, 1.807) is 12.1 Å². The van der Waals surface area contributed by atoms with Crippen LogP contribution in [-0.2, 0) is 7.05 Å². The third-order valence-corrected chi connectivity index (χ3v) is 5.16. The number of ether oxygens (including phenoxy) is 1. The highest BCUT2D eigenvalue weighted by molar-refractivity contribution is 6.13. The molecule has 5 aromatic rings. The predicted molar refractivity (Wildman–Crippen MR) is 111 cm³/mol. The summed E-state index contributed by atoms with van der Waals surface area (Å²) < 4.78 is 43.4. The monoisotopic (exact) mass is 535 g/mol. The maximum atomic E-state index is 12.4. The van der Waals surface area contributed by atoms with Gasteiger partial charge in [0.25, 0.3) is 0 Å². The summed E-state index contributed by atoms with van der Waals surface area (Å²) in [5.74, 6) is -0.256. The number of anilines is 2. The predicted octanol–water partition coefficient (Wildman–Crippen LogP) is 2.95. The van der Waals surface area contributed by atoms with Gasteiger partial charge in [-0.15, -0.1) is 13.2 Å². The van der Waals surface area contributed by atoms with Crippen LogP contribution in [0.5, 0.6) is 5.75 Å². The van der Waals surface area contributed by atoms with E-state index >= 15 is 0 Å². The highest BCUT2D eigenvalue weighted by Crippen LogP contribution is 2.35. The topological polar surface area (TPSA) is 40.9 Å². The molecule has 0 bridgehead atoms. The zero-order valence-electron chi connectivity index (χ0n) is 16.3. The molecule has 0 spiro atoms. The second kappa shape index (κ2) is 7.92. The standard InChI is InChI=1S/C23H16F3N3O.HI/c1-29-19-9-5-3-7-17(19)20(21-22(29)16-6-2-4-8-18(16)28-21)27-14-10-12-15(13-11-14)30-23(24,25)26;/h2-13H,1H3,(H,27,28);1H. The van der Waals surface area contributed by atoms with Gasteiger partial charge in [0, 0.05) is 11.8 Å². The molecular formula is C23H17F3IN3O. The van der Waals surface area contributed by atoms with Crippen molar-refractivity contribution in [2.24, 2.45) is 7.05 Å². The fourth-order valence-electron chi connectivity index (χ4n) is 3.90. The van der Waals surface area contributed by atoms with Crippen LogP contribution in [0.2, 0.25) is 0 Å². The van der Waals surface area contributed by atoms with Gasteiger partial charge in [-0.1, -0.05) is 24.3 Å². The van der Waals surface area contributed by atoms with Gasteiger partial charge in [-0.25, -0.2) is 0 Å². The smallest absolute Gasteiger partial charge is 0.573 e. The molecule has 0 aliphatic carbocycles. The maximum absolute atomic E-state index is 12.4. The van der Waals surface area contributed by atoms with E-state index in [2.05, 4.69) is 25.7 Å². The summed E-state index contributed by atoms with van der Waals surface area (Å²) in [4.78, 5) is 3.49. The number of rotatable bonds is 3. The van der Waals surface area contributed by atoms with Crippen LogP contribution in [0, 0.1) is 0 Å². The lowest BCUT2D eigenvalue weighted by molar-refractivity contribution is -0.616. The molecule has 0 aliphatic heterocycles. The third-order valence-electron chi connectivity index (χ3n) is 5.16. The minimum absolute atomic E-state index is 0. The van der Waals surface area contributed by atoms with Crippen molar-refractivity contribution in [1.29, 1.82) is 0 Å². The van der Waals surface area contributed by atoms with Gasteiger partial charge in [0.1, 0.15) is 18.3 Å². The molecule has 0 atom stereocenters. The van der Waals surface area contributed by atoms with Crippen molar-refractivity contribution >= 4 is 44.2 Å². The van der Waals surface area contributed by atoms with Gasteiger partial charge in [-0.2, -0.15) is 4.57 Å². The van der Waals surface area contributed by atoms with Gasteiger partial charge in [0.15, 0.2) is 0 Å². The number of fused-ring (bicyclic) bond motifs is 4. The fraction of sp³-hybridized carbons (Fsp3) is 0.0870. The zero-order valence-corrected chi connectivity index (χ0v) is 18.5. The Morgan fingerprint density at radius 3 is 2.23 bits per heavy atom. The molecular weight excluding hydrogens is 518 g/mol. The number of nitrogens with one attached hydrogen (secondary N) is 2. The molecule has 0 saturated heterocycles. The summed E-state index contributed by atoms with van der Waals surface area (Å²) in [7, 11) is 2.03. The van der Waals surface area contributed by atoms with E-state index in [0.717, 1.165) is 38.5 Å². The van der Waals surface area contributed by atoms with Crippen molar-refractivity contribution in [3.05, 3.63) is 72.8 Å². The number of aryl methyl sites for hydroxylation is 1. The van der Waals surface area contributed by atoms with Crippen LogP contribution in [0.1, 0.15) is 0 Å². The number of alkyl halides is 3. The number of aromatic amines is 1. The van der Waals surface area contributed by atoms with E-state index in [9.17, 15) is 13.2 Å². The lowest BCUT2D eigenvalue weighted by Gasteiger charge is -2.12. The molecule has 8 heteroatoms. The molecule has 0 aliphatic rings. The molecule has 2 heterocycles. The Bertz CT molecular complexity index is 1400. The number of hydrogen-bond donors (Lipinski definition) is 2. The quantitative estimate of drug-likeness (QED) is 0.276. The normalized spacial score (nSPS) is 11.6. The van der Waals surface area contributed by atoms with Crippen LogP contribution in [-0.4, -0.2) is 11.3 Å². The number of aromatic nitrogens is 2. The summed E-state index contributed by atoms with van der Waals surface area (Å²) >= 11 is 0. The molecule has 0 fully saturated rings. The van der Waals surface area contributed by atoms with Crippen molar-refractivity contribution in [1.82, 2.24) is 4.98 Å². The Labute approximate surface area is 192 Å². The highest BCUT2D eigenvalue weighted by Gasteiger charge is 2.31. The third kappa shape index (κ3) is 3.87. The van der Waals surface area contributed by atoms with Crippen LogP contribution in [0.25, 0.3) is 32.8 Å². The van der Waals surface area contributed by atoms with Gasteiger partial charge in [0.05, 0.1) is 22.0 Å². The largest absolute Gasteiger partial charge is 1.00 e. The van der Waals surface area contributed by atoms with Gasteiger partial charge in [-0.05, 0) is 42.5 Å². The highest BCUT2D eigenvalue weighted by atomic mass is 127. The summed E-state index contributed by atoms with van der Waals surface area (Å²) in [5, 5.41) is 5.48. The van der Waals surface area contributed by atoms with Crippen molar-refractivity contribution < 1.29 is 46.5 Å². The molecule has 0 amide bonds. The molecule has 158 valence electrons. The van der Waals surface area contributed by atoms with Crippen LogP contribution in [0.3, 0.4) is 0 Å². The van der Waals surface area contributed by atoms with Gasteiger partial charge >= 0.3 is 6.36 Å². The Balaban J connectivity index is 0.00000231. The molecule has 0 unspecified atom stereocenters. The Morgan fingerprint density at radius 1 is 0.871 bits per heavy atom.